The summed E-state index contributed by atoms with van der Waals surface area (Å²) >= 11 is 0. The molecule has 0 radical (unpaired) electrons. The Morgan fingerprint density at radius 2 is 1.48 bits per heavy atom. The first-order valence-corrected chi connectivity index (χ1v) is 8.52. The van der Waals surface area contributed by atoms with Crippen LogP contribution in [0, 0.1) is 0 Å². The van der Waals surface area contributed by atoms with Crippen molar-refractivity contribution >= 4 is 23.6 Å². The molecule has 0 saturated heterocycles. The van der Waals surface area contributed by atoms with E-state index in [0.717, 1.165) is 16.7 Å². The average molecular weight is 357 g/mol. The van der Waals surface area contributed by atoms with Gasteiger partial charge in [0.1, 0.15) is 0 Å². The Labute approximate surface area is 157 Å². The summed E-state index contributed by atoms with van der Waals surface area (Å²) in [5, 5.41) is 12.2. The molecule has 0 fully saturated rings. The average Bonchev–Trinajstić information content (AvgIpc) is 2.69. The van der Waals surface area contributed by atoms with Gasteiger partial charge in [0, 0.05) is 5.57 Å². The summed E-state index contributed by atoms with van der Waals surface area (Å²) in [5.74, 6) is -1.43. The monoisotopic (exact) mass is 357 g/mol. The number of carboxylic acid groups (broad SMARTS) is 1. The van der Waals surface area contributed by atoms with Crippen molar-refractivity contribution in [3.63, 3.8) is 0 Å². The lowest BCUT2D eigenvalue weighted by atomic mass is 10.0. The first kappa shape index (κ1) is 18.1. The number of carbonyl (C=O) groups is 2. The summed E-state index contributed by atoms with van der Waals surface area (Å²) in [5.41, 5.74) is 3.50. The highest BCUT2D eigenvalue weighted by Gasteiger charge is 2.15. The molecule has 0 bridgehead atoms. The number of hydrogen-bond acceptors (Lipinski definition) is 2. The number of aromatic carboxylic acids is 1. The maximum atomic E-state index is 12.6. The smallest absolute Gasteiger partial charge is 0.337 e. The molecule has 0 heterocycles. The molecule has 4 nitrogen and oxygen atoms in total. The van der Waals surface area contributed by atoms with Crippen molar-refractivity contribution in [3.8, 4) is 11.1 Å². The van der Waals surface area contributed by atoms with E-state index in [1.54, 1.807) is 25.1 Å². The highest BCUT2D eigenvalue weighted by atomic mass is 16.4. The third-order valence-corrected chi connectivity index (χ3v) is 4.15. The van der Waals surface area contributed by atoms with Crippen LogP contribution in [-0.4, -0.2) is 17.0 Å². The number of amides is 1. The predicted octanol–water partition coefficient (Wildman–Crippen LogP) is 5.09. The minimum atomic E-state index is -1.09. The van der Waals surface area contributed by atoms with Gasteiger partial charge in [-0.05, 0) is 41.8 Å². The lowest BCUT2D eigenvalue weighted by molar-refractivity contribution is -0.112. The fourth-order valence-electron chi connectivity index (χ4n) is 2.73. The SMILES string of the molecule is CC(=Cc1ccccc1)C(=O)Nc1cc(-c2ccccc2)ccc1C(=O)O. The maximum absolute atomic E-state index is 12.6. The van der Waals surface area contributed by atoms with E-state index in [0.29, 0.717) is 5.57 Å². The van der Waals surface area contributed by atoms with Crippen molar-refractivity contribution in [3.05, 3.63) is 95.6 Å². The summed E-state index contributed by atoms with van der Waals surface area (Å²) in [4.78, 5) is 24.1. The van der Waals surface area contributed by atoms with Crippen LogP contribution < -0.4 is 5.32 Å². The van der Waals surface area contributed by atoms with Gasteiger partial charge in [0.2, 0.25) is 0 Å². The van der Waals surface area contributed by atoms with Crippen LogP contribution in [0.4, 0.5) is 5.69 Å². The van der Waals surface area contributed by atoms with Crippen LogP contribution in [0.2, 0.25) is 0 Å². The van der Waals surface area contributed by atoms with Gasteiger partial charge in [-0.15, -0.1) is 0 Å². The Bertz CT molecular complexity index is 993. The first-order chi connectivity index (χ1) is 13.0. The van der Waals surface area contributed by atoms with Gasteiger partial charge in [-0.25, -0.2) is 4.79 Å². The van der Waals surface area contributed by atoms with Crippen LogP contribution in [0.25, 0.3) is 17.2 Å². The lowest BCUT2D eigenvalue weighted by Crippen LogP contribution is -2.15. The number of nitrogens with one attached hydrogen (secondary N) is 1. The zero-order valence-corrected chi connectivity index (χ0v) is 14.8. The first-order valence-electron chi connectivity index (χ1n) is 8.52. The largest absolute Gasteiger partial charge is 0.478 e. The number of anilines is 1. The van der Waals surface area contributed by atoms with Gasteiger partial charge in [-0.1, -0.05) is 66.7 Å². The quantitative estimate of drug-likeness (QED) is 0.625. The van der Waals surface area contributed by atoms with Crippen LogP contribution in [0.15, 0.2) is 84.4 Å². The Hall–Kier alpha value is -3.66. The molecule has 0 aliphatic heterocycles. The van der Waals surface area contributed by atoms with Gasteiger partial charge in [0.25, 0.3) is 5.91 Å². The molecule has 0 unspecified atom stereocenters. The second-order valence-electron chi connectivity index (χ2n) is 6.12. The summed E-state index contributed by atoms with van der Waals surface area (Å²) < 4.78 is 0. The summed E-state index contributed by atoms with van der Waals surface area (Å²) in [6.45, 7) is 1.70. The number of hydrogen-bond donors (Lipinski definition) is 2. The summed E-state index contributed by atoms with van der Waals surface area (Å²) in [6.07, 6.45) is 1.76. The third-order valence-electron chi connectivity index (χ3n) is 4.15. The number of carboxylic acids is 1. The Kier molecular flexibility index (Phi) is 5.47. The van der Waals surface area contributed by atoms with Gasteiger partial charge in [-0.3, -0.25) is 4.79 Å². The van der Waals surface area contributed by atoms with Crippen LogP contribution in [-0.2, 0) is 4.79 Å². The van der Waals surface area contributed by atoms with Crippen molar-refractivity contribution in [2.24, 2.45) is 0 Å². The Balaban J connectivity index is 1.91. The molecule has 0 aliphatic rings. The third kappa shape index (κ3) is 4.50. The van der Waals surface area contributed by atoms with Gasteiger partial charge >= 0.3 is 5.97 Å². The molecule has 0 atom stereocenters. The van der Waals surface area contributed by atoms with Crippen LogP contribution in [0.1, 0.15) is 22.8 Å². The molecule has 3 aromatic rings. The van der Waals surface area contributed by atoms with Gasteiger partial charge in [0.15, 0.2) is 0 Å². The molecule has 134 valence electrons. The normalized spacial score (nSPS) is 11.1. The Morgan fingerprint density at radius 3 is 2.11 bits per heavy atom. The van der Waals surface area contributed by atoms with Gasteiger partial charge in [-0.2, -0.15) is 0 Å². The molecule has 0 aromatic heterocycles. The van der Waals surface area contributed by atoms with Crippen molar-refractivity contribution < 1.29 is 14.7 Å². The molecule has 0 spiro atoms. The molecule has 4 heteroatoms. The highest BCUT2D eigenvalue weighted by molar-refractivity contribution is 6.09. The van der Waals surface area contributed by atoms with Crippen LogP contribution in [0.5, 0.6) is 0 Å². The maximum Gasteiger partial charge on any atom is 0.337 e. The summed E-state index contributed by atoms with van der Waals surface area (Å²) in [6, 6.07) is 24.0. The minimum absolute atomic E-state index is 0.0514. The van der Waals surface area contributed by atoms with Gasteiger partial charge in [0.05, 0.1) is 11.3 Å². The predicted molar refractivity (Wildman–Crippen MR) is 108 cm³/mol. The van der Waals surface area contributed by atoms with Crippen molar-refractivity contribution in [1.29, 1.82) is 0 Å². The fraction of sp³-hybridized carbons (Fsp3) is 0.0435. The van der Waals surface area contributed by atoms with Crippen molar-refractivity contribution in [2.75, 3.05) is 5.32 Å². The van der Waals surface area contributed by atoms with Gasteiger partial charge < -0.3 is 10.4 Å². The molecule has 3 rings (SSSR count). The second-order valence-corrected chi connectivity index (χ2v) is 6.12. The highest BCUT2D eigenvalue weighted by Crippen LogP contribution is 2.26. The minimum Gasteiger partial charge on any atom is -0.478 e. The van der Waals surface area contributed by atoms with E-state index < -0.39 is 5.97 Å². The molecule has 0 saturated carbocycles. The molecule has 0 aliphatic carbocycles. The summed E-state index contributed by atoms with van der Waals surface area (Å²) in [7, 11) is 0. The van der Waals surface area contributed by atoms with E-state index >= 15 is 0 Å². The van der Waals surface area contributed by atoms with Crippen molar-refractivity contribution in [2.45, 2.75) is 6.92 Å². The number of benzene rings is 3. The lowest BCUT2D eigenvalue weighted by Gasteiger charge is -2.11. The molecular weight excluding hydrogens is 338 g/mol. The van der Waals surface area contributed by atoms with E-state index in [1.807, 2.05) is 60.7 Å². The zero-order chi connectivity index (χ0) is 19.2. The standard InChI is InChI=1S/C23H19NO3/c1-16(14-17-8-4-2-5-9-17)22(25)24-21-15-19(12-13-20(21)23(26)27)18-10-6-3-7-11-18/h2-15H,1H3,(H,24,25)(H,26,27). The second kappa shape index (κ2) is 8.15. The van der Waals surface area contributed by atoms with E-state index in [1.165, 1.54) is 6.07 Å². The van der Waals surface area contributed by atoms with E-state index in [2.05, 4.69) is 5.32 Å². The molecule has 2 N–H and O–H groups in total. The van der Waals surface area contributed by atoms with E-state index in [-0.39, 0.29) is 17.2 Å². The van der Waals surface area contributed by atoms with E-state index in [9.17, 15) is 14.7 Å². The molecule has 1 amide bonds. The van der Waals surface area contributed by atoms with E-state index in [4.69, 9.17) is 0 Å². The molecule has 3 aromatic carbocycles. The number of carbonyl (C=O) groups excluding carboxylic acids is 1. The topological polar surface area (TPSA) is 66.4 Å². The van der Waals surface area contributed by atoms with Crippen LogP contribution >= 0.6 is 0 Å². The Morgan fingerprint density at radius 1 is 0.852 bits per heavy atom. The zero-order valence-electron chi connectivity index (χ0n) is 14.8. The molecule has 27 heavy (non-hydrogen) atoms. The molecular formula is C23H19NO3. The fourth-order valence-corrected chi connectivity index (χ4v) is 2.73. The van der Waals surface area contributed by atoms with Crippen LogP contribution in [0.3, 0.4) is 0 Å². The van der Waals surface area contributed by atoms with Crippen molar-refractivity contribution in [1.82, 2.24) is 0 Å². The number of rotatable bonds is 5.